The van der Waals surface area contributed by atoms with Gasteiger partial charge >= 0.3 is 5.97 Å². The minimum absolute atomic E-state index is 0.135. The fraction of sp³-hybridized carbons (Fsp3) is 0.0714. The Balaban J connectivity index is 2.31. The van der Waals surface area contributed by atoms with E-state index in [1.54, 1.807) is 0 Å². The number of methoxy groups -OCH3 is 1. The Morgan fingerprint density at radius 2 is 1.74 bits per heavy atom. The van der Waals surface area contributed by atoms with Gasteiger partial charge < -0.3 is 9.47 Å². The van der Waals surface area contributed by atoms with Crippen LogP contribution in [0, 0.1) is 27.6 Å². The largest absolute Gasteiger partial charge is 0.491 e. The summed E-state index contributed by atoms with van der Waals surface area (Å²) in [4.78, 5) is 21.7. The van der Waals surface area contributed by atoms with Gasteiger partial charge in [-0.05, 0) is 18.2 Å². The van der Waals surface area contributed by atoms with Crippen LogP contribution in [0.3, 0.4) is 0 Å². The van der Waals surface area contributed by atoms with Crippen molar-refractivity contribution in [1.29, 1.82) is 0 Å². The van der Waals surface area contributed by atoms with Crippen LogP contribution in [0.1, 0.15) is 10.4 Å². The van der Waals surface area contributed by atoms with E-state index in [2.05, 4.69) is 4.74 Å². The average molecular weight is 327 g/mol. The molecule has 0 radical (unpaired) electrons. The zero-order valence-corrected chi connectivity index (χ0v) is 11.5. The summed E-state index contributed by atoms with van der Waals surface area (Å²) in [6.45, 7) is 0. The molecule has 9 heteroatoms. The molecule has 0 N–H and O–H groups in total. The highest BCUT2D eigenvalue weighted by Crippen LogP contribution is 2.28. The molecular weight excluding hydrogens is 319 g/mol. The molecule has 0 fully saturated rings. The molecule has 120 valence electrons. The smallest absolute Gasteiger partial charge is 0.346 e. The minimum atomic E-state index is -1.57. The van der Waals surface area contributed by atoms with E-state index in [1.165, 1.54) is 0 Å². The molecule has 0 aliphatic heterocycles. The van der Waals surface area contributed by atoms with Crippen molar-refractivity contribution in [3.8, 4) is 11.5 Å². The second-order valence-electron chi connectivity index (χ2n) is 4.21. The molecular formula is C14H8F3NO5. The quantitative estimate of drug-likeness (QED) is 0.283. The van der Waals surface area contributed by atoms with Gasteiger partial charge in [0, 0.05) is 12.1 Å². The maximum Gasteiger partial charge on any atom is 0.346 e. The lowest BCUT2D eigenvalue weighted by atomic mass is 10.2. The first-order chi connectivity index (χ1) is 10.8. The van der Waals surface area contributed by atoms with Crippen molar-refractivity contribution in [1.82, 2.24) is 0 Å². The molecule has 0 saturated heterocycles. The number of carbonyl (C=O) groups excluding carboxylic acids is 1. The maximum absolute atomic E-state index is 13.9. The molecule has 0 saturated carbocycles. The van der Waals surface area contributed by atoms with E-state index in [0.717, 1.165) is 31.4 Å². The molecule has 0 amide bonds. The Morgan fingerprint density at radius 1 is 1.13 bits per heavy atom. The SMILES string of the molecule is COc1c(F)c(F)cc(C(=O)Oc2ccc([N+](=O)[O-])cc2)c1F. The lowest BCUT2D eigenvalue weighted by Crippen LogP contribution is -2.13. The first kappa shape index (κ1) is 16.3. The molecule has 0 unspecified atom stereocenters. The Morgan fingerprint density at radius 3 is 2.26 bits per heavy atom. The molecule has 0 aromatic heterocycles. The topological polar surface area (TPSA) is 78.7 Å². The van der Waals surface area contributed by atoms with Crippen LogP contribution in [0.4, 0.5) is 18.9 Å². The molecule has 0 heterocycles. The van der Waals surface area contributed by atoms with E-state index >= 15 is 0 Å². The number of halogens is 3. The third-order valence-electron chi connectivity index (χ3n) is 2.80. The van der Waals surface area contributed by atoms with E-state index in [1.807, 2.05) is 0 Å². The number of benzene rings is 2. The molecule has 0 aliphatic rings. The van der Waals surface area contributed by atoms with Crippen LogP contribution in [0.5, 0.6) is 11.5 Å². The van der Waals surface area contributed by atoms with Gasteiger partial charge in [-0.1, -0.05) is 0 Å². The number of esters is 1. The number of nitro groups is 1. The lowest BCUT2D eigenvalue weighted by Gasteiger charge is -2.09. The Hall–Kier alpha value is -3.10. The van der Waals surface area contributed by atoms with Gasteiger partial charge in [0.2, 0.25) is 5.82 Å². The molecule has 6 nitrogen and oxygen atoms in total. The van der Waals surface area contributed by atoms with Crippen molar-refractivity contribution in [2.24, 2.45) is 0 Å². The molecule has 0 spiro atoms. The molecule has 2 rings (SSSR count). The van der Waals surface area contributed by atoms with Crippen molar-refractivity contribution in [2.45, 2.75) is 0 Å². The zero-order valence-electron chi connectivity index (χ0n) is 11.5. The summed E-state index contributed by atoms with van der Waals surface area (Å²) in [5.41, 5.74) is -1.12. The van der Waals surface area contributed by atoms with E-state index in [0.29, 0.717) is 6.07 Å². The standard InChI is InChI=1S/C14H8F3NO5/c1-22-13-11(16)9(6-10(15)12(13)17)14(19)23-8-4-2-7(3-5-8)18(20)21/h2-6H,1H3. The molecule has 0 bridgehead atoms. The predicted octanol–water partition coefficient (Wildman–Crippen LogP) is 3.24. The number of rotatable bonds is 4. The third-order valence-corrected chi connectivity index (χ3v) is 2.80. The molecule has 2 aromatic rings. The van der Waals surface area contributed by atoms with Crippen molar-refractivity contribution in [3.05, 3.63) is 63.5 Å². The van der Waals surface area contributed by atoms with Crippen LogP contribution in [0.25, 0.3) is 0 Å². The zero-order chi connectivity index (χ0) is 17.1. The highest BCUT2D eigenvalue weighted by atomic mass is 19.2. The summed E-state index contributed by atoms with van der Waals surface area (Å²) in [6, 6.07) is 4.66. The van der Waals surface area contributed by atoms with Gasteiger partial charge in [0.1, 0.15) is 11.3 Å². The second kappa shape index (κ2) is 6.34. The highest BCUT2D eigenvalue weighted by molar-refractivity contribution is 5.92. The first-order valence-corrected chi connectivity index (χ1v) is 6.03. The summed E-state index contributed by atoms with van der Waals surface area (Å²) in [5.74, 6) is -6.98. The van der Waals surface area contributed by atoms with Gasteiger partial charge in [-0.25, -0.2) is 13.6 Å². The van der Waals surface area contributed by atoms with E-state index in [-0.39, 0.29) is 11.4 Å². The normalized spacial score (nSPS) is 10.3. The number of ether oxygens (including phenoxy) is 2. The summed E-state index contributed by atoms with van der Waals surface area (Å²) in [6.07, 6.45) is 0. The van der Waals surface area contributed by atoms with Gasteiger partial charge in [0.15, 0.2) is 17.4 Å². The Kier molecular flexibility index (Phi) is 4.49. The van der Waals surface area contributed by atoms with Crippen molar-refractivity contribution in [3.63, 3.8) is 0 Å². The molecule has 0 aliphatic carbocycles. The fourth-order valence-electron chi connectivity index (χ4n) is 1.71. The van der Waals surface area contributed by atoms with Gasteiger partial charge in [-0.2, -0.15) is 4.39 Å². The van der Waals surface area contributed by atoms with E-state index < -0.39 is 39.7 Å². The second-order valence-corrected chi connectivity index (χ2v) is 4.21. The van der Waals surface area contributed by atoms with Crippen LogP contribution in [0.15, 0.2) is 30.3 Å². The average Bonchev–Trinajstić information content (AvgIpc) is 2.52. The number of nitrogens with zero attached hydrogens (tertiary/aromatic N) is 1. The van der Waals surface area contributed by atoms with Gasteiger partial charge in [-0.15, -0.1) is 0 Å². The number of hydrogen-bond donors (Lipinski definition) is 0. The van der Waals surface area contributed by atoms with E-state index in [9.17, 15) is 28.1 Å². The summed E-state index contributed by atoms with van der Waals surface area (Å²) in [5, 5.41) is 10.5. The number of nitro benzene ring substituents is 1. The first-order valence-electron chi connectivity index (χ1n) is 6.03. The highest BCUT2D eigenvalue weighted by Gasteiger charge is 2.25. The van der Waals surface area contributed by atoms with Crippen LogP contribution < -0.4 is 9.47 Å². The maximum atomic E-state index is 13.9. The molecule has 0 atom stereocenters. The fourth-order valence-corrected chi connectivity index (χ4v) is 1.71. The third kappa shape index (κ3) is 3.23. The van der Waals surface area contributed by atoms with E-state index in [4.69, 9.17) is 4.74 Å². The molecule has 23 heavy (non-hydrogen) atoms. The number of hydrogen-bond acceptors (Lipinski definition) is 5. The molecule has 2 aromatic carbocycles. The predicted molar refractivity (Wildman–Crippen MR) is 70.9 cm³/mol. The van der Waals surface area contributed by atoms with Crippen molar-refractivity contribution >= 4 is 11.7 Å². The number of carbonyl (C=O) groups is 1. The number of non-ortho nitro benzene ring substituents is 1. The Labute approximate surface area is 127 Å². The summed E-state index contributed by atoms with van der Waals surface area (Å²) >= 11 is 0. The van der Waals surface area contributed by atoms with Gasteiger partial charge in [0.25, 0.3) is 5.69 Å². The van der Waals surface area contributed by atoms with Crippen LogP contribution >= 0.6 is 0 Å². The van der Waals surface area contributed by atoms with Gasteiger partial charge in [-0.3, -0.25) is 10.1 Å². The van der Waals surface area contributed by atoms with Crippen molar-refractivity contribution < 1.29 is 32.4 Å². The lowest BCUT2D eigenvalue weighted by molar-refractivity contribution is -0.384. The van der Waals surface area contributed by atoms with Crippen LogP contribution in [-0.4, -0.2) is 18.0 Å². The monoisotopic (exact) mass is 327 g/mol. The minimum Gasteiger partial charge on any atom is -0.491 e. The van der Waals surface area contributed by atoms with Crippen LogP contribution in [0.2, 0.25) is 0 Å². The summed E-state index contributed by atoms with van der Waals surface area (Å²) in [7, 11) is 0.909. The summed E-state index contributed by atoms with van der Waals surface area (Å²) < 4.78 is 49.7. The van der Waals surface area contributed by atoms with Crippen LogP contribution in [-0.2, 0) is 0 Å². The Bertz CT molecular complexity index is 777. The van der Waals surface area contributed by atoms with Gasteiger partial charge in [0.05, 0.1) is 12.0 Å². The van der Waals surface area contributed by atoms with Crippen molar-refractivity contribution in [2.75, 3.05) is 7.11 Å².